The average molecular weight is 360 g/mol. The van der Waals surface area contributed by atoms with Crippen molar-refractivity contribution in [2.45, 2.75) is 13.3 Å². The molecule has 0 fully saturated rings. The third kappa shape index (κ3) is 4.90. The Morgan fingerprint density at radius 1 is 1.35 bits per heavy atom. The lowest BCUT2D eigenvalue weighted by molar-refractivity contribution is -0.384. The Hall–Kier alpha value is -3.69. The van der Waals surface area contributed by atoms with E-state index >= 15 is 0 Å². The van der Waals surface area contributed by atoms with Crippen LogP contribution in [0.1, 0.15) is 23.9 Å². The minimum absolute atomic E-state index is 0.0354. The number of anilines is 1. The molecule has 1 heterocycles. The van der Waals surface area contributed by atoms with Crippen LogP contribution in [0.4, 0.5) is 11.4 Å². The smallest absolute Gasteiger partial charge is 0.307 e. The number of benzene rings is 1. The lowest BCUT2D eigenvalue weighted by Crippen LogP contribution is -2.21. The Bertz CT molecular complexity index is 844. The molecule has 1 aromatic heterocycles. The van der Waals surface area contributed by atoms with Crippen molar-refractivity contribution in [3.05, 3.63) is 52.5 Å². The molecule has 0 atom stereocenters. The lowest BCUT2D eigenvalue weighted by Gasteiger charge is -2.07. The van der Waals surface area contributed by atoms with E-state index in [1.165, 1.54) is 44.6 Å². The van der Waals surface area contributed by atoms with Crippen LogP contribution in [-0.4, -0.2) is 29.6 Å². The number of rotatable bonds is 7. The minimum Gasteiger partial charge on any atom is -0.496 e. The number of carbonyl (C=O) groups excluding carboxylic acids is 2. The van der Waals surface area contributed by atoms with E-state index in [1.807, 2.05) is 0 Å². The van der Waals surface area contributed by atoms with Crippen LogP contribution < -0.4 is 15.5 Å². The number of methoxy groups -OCH3 is 1. The van der Waals surface area contributed by atoms with Crippen LogP contribution in [0.15, 0.2) is 46.1 Å². The first-order valence-electron chi connectivity index (χ1n) is 7.40. The quantitative estimate of drug-likeness (QED) is 0.442. The number of nitro groups is 1. The van der Waals surface area contributed by atoms with Gasteiger partial charge in [0.05, 0.1) is 30.8 Å². The Morgan fingerprint density at radius 3 is 2.73 bits per heavy atom. The molecule has 1 aromatic carbocycles. The lowest BCUT2D eigenvalue weighted by atomic mass is 10.2. The van der Waals surface area contributed by atoms with Gasteiger partial charge >= 0.3 is 5.91 Å². The second-order valence-corrected chi connectivity index (χ2v) is 5.13. The molecule has 0 unspecified atom stereocenters. The molecule has 0 aliphatic carbocycles. The molecule has 10 heteroatoms. The largest absolute Gasteiger partial charge is 0.496 e. The fraction of sp³-hybridized carbons (Fsp3) is 0.188. The van der Waals surface area contributed by atoms with Crippen molar-refractivity contribution in [3.63, 3.8) is 0 Å². The molecule has 136 valence electrons. The highest BCUT2D eigenvalue weighted by molar-refractivity contribution is 6.06. The van der Waals surface area contributed by atoms with Gasteiger partial charge < -0.3 is 14.5 Å². The molecule has 10 nitrogen and oxygen atoms in total. The van der Waals surface area contributed by atoms with Gasteiger partial charge in [-0.2, -0.15) is 5.10 Å². The maximum Gasteiger partial charge on any atom is 0.307 e. The van der Waals surface area contributed by atoms with E-state index in [9.17, 15) is 19.7 Å². The standard InChI is InChI=1S/C16H16N4O6/c1-10(18-19-16(22)14-4-3-7-26-14)8-15(21)17-12-6-5-11(25-2)9-13(12)20(23)24/h3-7,9H,8H2,1-2H3,(H,17,21)(H,19,22)/b18-10+. The first kappa shape index (κ1) is 18.6. The predicted molar refractivity (Wildman–Crippen MR) is 92.2 cm³/mol. The molecular formula is C16H16N4O6. The second kappa shape index (κ2) is 8.42. The summed E-state index contributed by atoms with van der Waals surface area (Å²) in [6.07, 6.45) is 1.18. The van der Waals surface area contributed by atoms with Crippen LogP contribution in [0.3, 0.4) is 0 Å². The summed E-state index contributed by atoms with van der Waals surface area (Å²) in [5.41, 5.74) is 2.30. The fourth-order valence-electron chi connectivity index (χ4n) is 1.97. The maximum atomic E-state index is 12.0. The Balaban J connectivity index is 1.98. The molecule has 0 bridgehead atoms. The summed E-state index contributed by atoms with van der Waals surface area (Å²) in [7, 11) is 1.38. The zero-order chi connectivity index (χ0) is 19.1. The number of nitrogens with zero attached hydrogens (tertiary/aromatic N) is 2. The third-order valence-electron chi connectivity index (χ3n) is 3.19. The summed E-state index contributed by atoms with van der Waals surface area (Å²) < 4.78 is 9.84. The van der Waals surface area contributed by atoms with Gasteiger partial charge in [0, 0.05) is 5.71 Å². The normalized spacial score (nSPS) is 10.9. The molecule has 26 heavy (non-hydrogen) atoms. The van der Waals surface area contributed by atoms with E-state index in [0.29, 0.717) is 11.5 Å². The van der Waals surface area contributed by atoms with Crippen molar-refractivity contribution < 1.29 is 23.7 Å². The molecule has 0 saturated carbocycles. The van der Waals surface area contributed by atoms with Crippen molar-refractivity contribution in [2.24, 2.45) is 5.10 Å². The van der Waals surface area contributed by atoms with Gasteiger partial charge in [0.1, 0.15) is 11.4 Å². The Morgan fingerprint density at radius 2 is 2.12 bits per heavy atom. The molecule has 2 aromatic rings. The number of ether oxygens (including phenoxy) is 1. The van der Waals surface area contributed by atoms with Gasteiger partial charge in [-0.25, -0.2) is 5.43 Å². The van der Waals surface area contributed by atoms with Crippen LogP contribution in [0, 0.1) is 10.1 Å². The SMILES string of the molecule is COc1ccc(NC(=O)C/C(C)=N/NC(=O)c2ccco2)c([N+](=O)[O-])c1. The van der Waals surface area contributed by atoms with E-state index in [1.54, 1.807) is 6.07 Å². The van der Waals surface area contributed by atoms with E-state index < -0.39 is 16.7 Å². The summed E-state index contributed by atoms with van der Waals surface area (Å²) in [6, 6.07) is 7.10. The van der Waals surface area contributed by atoms with E-state index in [4.69, 9.17) is 9.15 Å². The first-order chi connectivity index (χ1) is 12.4. The van der Waals surface area contributed by atoms with Gasteiger partial charge in [-0.15, -0.1) is 0 Å². The molecular weight excluding hydrogens is 344 g/mol. The third-order valence-corrected chi connectivity index (χ3v) is 3.19. The van der Waals surface area contributed by atoms with Crippen LogP contribution >= 0.6 is 0 Å². The van der Waals surface area contributed by atoms with Crippen molar-refractivity contribution in [1.82, 2.24) is 5.43 Å². The number of furan rings is 1. The highest BCUT2D eigenvalue weighted by Gasteiger charge is 2.17. The number of amides is 2. The van der Waals surface area contributed by atoms with Gasteiger partial charge in [-0.3, -0.25) is 19.7 Å². The van der Waals surface area contributed by atoms with Crippen molar-refractivity contribution in [2.75, 3.05) is 12.4 Å². The molecule has 0 aliphatic heterocycles. The van der Waals surface area contributed by atoms with Gasteiger partial charge in [0.15, 0.2) is 5.76 Å². The molecule has 2 rings (SSSR count). The highest BCUT2D eigenvalue weighted by atomic mass is 16.6. The van der Waals surface area contributed by atoms with Crippen LogP contribution in [-0.2, 0) is 4.79 Å². The van der Waals surface area contributed by atoms with Gasteiger partial charge in [0.25, 0.3) is 5.69 Å². The number of hydrogen-bond acceptors (Lipinski definition) is 7. The number of nitro benzene ring substituents is 1. The zero-order valence-corrected chi connectivity index (χ0v) is 14.0. The van der Waals surface area contributed by atoms with Gasteiger partial charge in [-0.05, 0) is 31.2 Å². The molecule has 0 spiro atoms. The number of hydrogen-bond donors (Lipinski definition) is 2. The fourth-order valence-corrected chi connectivity index (χ4v) is 1.97. The number of carbonyl (C=O) groups is 2. The summed E-state index contributed by atoms with van der Waals surface area (Å²) in [5.74, 6) is -0.694. The Labute approximate surface area is 148 Å². The molecule has 2 amide bonds. The number of hydrazone groups is 1. The van der Waals surface area contributed by atoms with Gasteiger partial charge in [0.2, 0.25) is 5.91 Å². The van der Waals surface area contributed by atoms with Gasteiger partial charge in [-0.1, -0.05) is 0 Å². The average Bonchev–Trinajstić information content (AvgIpc) is 3.14. The van der Waals surface area contributed by atoms with E-state index in [-0.39, 0.29) is 23.6 Å². The van der Waals surface area contributed by atoms with E-state index in [0.717, 1.165) is 0 Å². The molecule has 0 radical (unpaired) electrons. The van der Waals surface area contributed by atoms with Crippen molar-refractivity contribution in [3.8, 4) is 5.75 Å². The van der Waals surface area contributed by atoms with Crippen molar-refractivity contribution >= 4 is 28.9 Å². The predicted octanol–water partition coefficient (Wildman–Crippen LogP) is 2.33. The highest BCUT2D eigenvalue weighted by Crippen LogP contribution is 2.28. The summed E-state index contributed by atoms with van der Waals surface area (Å²) in [4.78, 5) is 34.2. The first-order valence-corrected chi connectivity index (χ1v) is 7.40. The maximum absolute atomic E-state index is 12.0. The monoisotopic (exact) mass is 360 g/mol. The zero-order valence-electron chi connectivity index (χ0n) is 14.0. The Kier molecular flexibility index (Phi) is 6.04. The topological polar surface area (TPSA) is 136 Å². The second-order valence-electron chi connectivity index (χ2n) is 5.13. The minimum atomic E-state index is -0.622. The van der Waals surface area contributed by atoms with Crippen LogP contribution in [0.25, 0.3) is 0 Å². The summed E-state index contributed by atoms with van der Waals surface area (Å²) in [5, 5.41) is 17.3. The van der Waals surface area contributed by atoms with Crippen LogP contribution in [0.5, 0.6) is 5.75 Å². The van der Waals surface area contributed by atoms with Crippen molar-refractivity contribution in [1.29, 1.82) is 0 Å². The molecule has 2 N–H and O–H groups in total. The van der Waals surface area contributed by atoms with Crippen LogP contribution in [0.2, 0.25) is 0 Å². The molecule has 0 aliphatic rings. The molecule has 0 saturated heterocycles. The van der Waals surface area contributed by atoms with E-state index in [2.05, 4.69) is 15.8 Å². The summed E-state index contributed by atoms with van der Waals surface area (Å²) in [6.45, 7) is 1.53. The summed E-state index contributed by atoms with van der Waals surface area (Å²) >= 11 is 0. The number of nitrogens with one attached hydrogen (secondary N) is 2.